The first-order valence-corrected chi connectivity index (χ1v) is 9.77. The second kappa shape index (κ2) is 7.19. The average Bonchev–Trinajstić information content (AvgIpc) is 2.91. The number of rotatable bonds is 6. The second-order valence-electron chi connectivity index (χ2n) is 5.58. The van der Waals surface area contributed by atoms with Gasteiger partial charge in [0.15, 0.2) is 0 Å². The predicted octanol–water partition coefficient (Wildman–Crippen LogP) is 1.84. The molecule has 2 heterocycles. The minimum absolute atomic E-state index is 0.0403. The Kier molecular flexibility index (Phi) is 5.79. The van der Waals surface area contributed by atoms with Crippen LogP contribution in [0.25, 0.3) is 0 Å². The molecule has 0 bridgehead atoms. The molecule has 0 aliphatic carbocycles. The van der Waals surface area contributed by atoms with E-state index < -0.39 is 10.0 Å². The maximum Gasteiger partial charge on any atom is 0.215 e. The summed E-state index contributed by atoms with van der Waals surface area (Å²) in [5.41, 5.74) is 0. The fourth-order valence-electron chi connectivity index (χ4n) is 2.53. The first-order chi connectivity index (χ1) is 9.88. The third-order valence-electron chi connectivity index (χ3n) is 3.56. The van der Waals surface area contributed by atoms with E-state index in [9.17, 15) is 8.42 Å². The average molecular weight is 332 g/mol. The summed E-state index contributed by atoms with van der Waals surface area (Å²) in [7, 11) is -3.22. The van der Waals surface area contributed by atoms with Gasteiger partial charge in [0.25, 0.3) is 0 Å². The van der Waals surface area contributed by atoms with Crippen molar-refractivity contribution in [1.82, 2.24) is 9.62 Å². The third-order valence-corrected chi connectivity index (χ3v) is 6.42. The zero-order chi connectivity index (χ0) is 15.5. The summed E-state index contributed by atoms with van der Waals surface area (Å²) >= 11 is 1.68. The van der Waals surface area contributed by atoms with E-state index in [1.54, 1.807) is 15.6 Å². The first kappa shape index (κ1) is 16.9. The van der Waals surface area contributed by atoms with Crippen molar-refractivity contribution in [2.24, 2.45) is 0 Å². The van der Waals surface area contributed by atoms with Crippen LogP contribution in [0.3, 0.4) is 0 Å². The van der Waals surface area contributed by atoms with Crippen LogP contribution >= 0.6 is 11.3 Å². The minimum atomic E-state index is -3.22. The molecule has 1 aliphatic heterocycles. The molecule has 2 rings (SSSR count). The summed E-state index contributed by atoms with van der Waals surface area (Å²) in [6.07, 6.45) is -0.0805. The Balaban J connectivity index is 1.84. The van der Waals surface area contributed by atoms with Crippen molar-refractivity contribution in [3.05, 3.63) is 22.4 Å². The van der Waals surface area contributed by atoms with Crippen molar-refractivity contribution in [1.29, 1.82) is 0 Å². The van der Waals surface area contributed by atoms with Gasteiger partial charge in [0.05, 0.1) is 18.0 Å². The molecule has 0 amide bonds. The number of thiophene rings is 1. The molecule has 1 fully saturated rings. The van der Waals surface area contributed by atoms with Gasteiger partial charge in [-0.25, -0.2) is 8.42 Å². The fourth-order valence-corrected chi connectivity index (χ4v) is 4.80. The molecule has 0 spiro atoms. The van der Waals surface area contributed by atoms with Crippen LogP contribution in [0.5, 0.6) is 0 Å². The van der Waals surface area contributed by atoms with Gasteiger partial charge in [-0.3, -0.25) is 0 Å². The standard InChI is InChI=1S/C14H24N2O3S2/c1-11-9-16(10-12(2)19-11)21(17,18)8-6-15-13(3)14-5-4-7-20-14/h4-5,7,11-13,15H,6,8-10H2,1-3H3/t11-,12+,13-/m0/s1. The highest BCUT2D eigenvalue weighted by atomic mass is 32.2. The lowest BCUT2D eigenvalue weighted by Crippen LogP contribution is -2.49. The number of morpholine rings is 1. The van der Waals surface area contributed by atoms with Gasteiger partial charge in [-0.05, 0) is 32.2 Å². The summed E-state index contributed by atoms with van der Waals surface area (Å²) in [6, 6.07) is 4.25. The molecule has 120 valence electrons. The van der Waals surface area contributed by atoms with E-state index in [-0.39, 0.29) is 24.0 Å². The zero-order valence-corrected chi connectivity index (χ0v) is 14.4. The van der Waals surface area contributed by atoms with Gasteiger partial charge in [-0.1, -0.05) is 6.07 Å². The van der Waals surface area contributed by atoms with E-state index in [0.717, 1.165) is 0 Å². The van der Waals surface area contributed by atoms with Gasteiger partial charge in [0.1, 0.15) is 0 Å². The lowest BCUT2D eigenvalue weighted by atomic mass is 10.3. The fraction of sp³-hybridized carbons (Fsp3) is 0.714. The van der Waals surface area contributed by atoms with Gasteiger partial charge < -0.3 is 10.1 Å². The van der Waals surface area contributed by atoms with Gasteiger partial charge in [-0.2, -0.15) is 4.31 Å². The number of ether oxygens (including phenoxy) is 1. The van der Waals surface area contributed by atoms with E-state index in [1.807, 2.05) is 25.3 Å². The van der Waals surface area contributed by atoms with Gasteiger partial charge in [0, 0.05) is 30.6 Å². The van der Waals surface area contributed by atoms with Crippen LogP contribution < -0.4 is 5.32 Å². The molecule has 0 aromatic carbocycles. The molecule has 1 aromatic heterocycles. The van der Waals surface area contributed by atoms with Crippen LogP contribution in [0.1, 0.15) is 31.7 Å². The second-order valence-corrected chi connectivity index (χ2v) is 8.65. The maximum absolute atomic E-state index is 12.4. The normalized spacial score (nSPS) is 25.9. The topological polar surface area (TPSA) is 58.6 Å². The summed E-state index contributed by atoms with van der Waals surface area (Å²) in [5.74, 6) is 0.127. The molecular formula is C14H24N2O3S2. The number of nitrogens with zero attached hydrogens (tertiary/aromatic N) is 1. The Morgan fingerprint density at radius 2 is 2.10 bits per heavy atom. The molecule has 0 unspecified atom stereocenters. The van der Waals surface area contributed by atoms with Crippen molar-refractivity contribution < 1.29 is 13.2 Å². The van der Waals surface area contributed by atoms with Gasteiger partial charge in [0.2, 0.25) is 10.0 Å². The Bertz CT molecular complexity index is 520. The molecule has 3 atom stereocenters. The largest absolute Gasteiger partial charge is 0.373 e. The Morgan fingerprint density at radius 1 is 1.43 bits per heavy atom. The number of hydrogen-bond acceptors (Lipinski definition) is 5. The molecule has 1 aromatic rings. The minimum Gasteiger partial charge on any atom is -0.373 e. The molecule has 0 radical (unpaired) electrons. The van der Waals surface area contributed by atoms with Crippen molar-refractivity contribution >= 4 is 21.4 Å². The number of hydrogen-bond donors (Lipinski definition) is 1. The Labute approximate surface area is 131 Å². The van der Waals surface area contributed by atoms with Crippen LogP contribution in [0.4, 0.5) is 0 Å². The monoisotopic (exact) mass is 332 g/mol. The SMILES string of the molecule is C[C@@H]1CN(S(=O)(=O)CCN[C@@H](C)c2cccs2)C[C@H](C)O1. The third kappa shape index (κ3) is 4.75. The predicted molar refractivity (Wildman–Crippen MR) is 86.1 cm³/mol. The van der Waals surface area contributed by atoms with Crippen molar-refractivity contribution in [3.8, 4) is 0 Å². The molecule has 1 N–H and O–H groups in total. The summed E-state index contributed by atoms with van der Waals surface area (Å²) in [4.78, 5) is 1.22. The highest BCUT2D eigenvalue weighted by molar-refractivity contribution is 7.89. The highest BCUT2D eigenvalue weighted by Crippen LogP contribution is 2.18. The van der Waals surface area contributed by atoms with Gasteiger partial charge in [-0.15, -0.1) is 11.3 Å². The first-order valence-electron chi connectivity index (χ1n) is 7.28. The lowest BCUT2D eigenvalue weighted by molar-refractivity contribution is -0.0440. The molecular weight excluding hydrogens is 308 g/mol. The lowest BCUT2D eigenvalue weighted by Gasteiger charge is -2.34. The van der Waals surface area contributed by atoms with Crippen molar-refractivity contribution in [3.63, 3.8) is 0 Å². The van der Waals surface area contributed by atoms with E-state index in [1.165, 1.54) is 4.88 Å². The summed E-state index contributed by atoms with van der Waals surface area (Å²) in [5, 5.41) is 5.30. The van der Waals surface area contributed by atoms with Crippen LogP contribution in [0.2, 0.25) is 0 Å². The number of nitrogens with one attached hydrogen (secondary N) is 1. The molecule has 1 saturated heterocycles. The maximum atomic E-state index is 12.4. The number of sulfonamides is 1. The Morgan fingerprint density at radius 3 is 2.67 bits per heavy atom. The van der Waals surface area contributed by atoms with Gasteiger partial charge >= 0.3 is 0 Å². The molecule has 0 saturated carbocycles. The van der Waals surface area contributed by atoms with Crippen LogP contribution in [0, 0.1) is 0 Å². The van der Waals surface area contributed by atoms with Crippen molar-refractivity contribution in [2.75, 3.05) is 25.4 Å². The van der Waals surface area contributed by atoms with E-state index in [0.29, 0.717) is 19.6 Å². The summed E-state index contributed by atoms with van der Waals surface area (Å²) in [6.45, 7) is 7.24. The van der Waals surface area contributed by atoms with E-state index >= 15 is 0 Å². The molecule has 21 heavy (non-hydrogen) atoms. The van der Waals surface area contributed by atoms with Crippen LogP contribution in [0.15, 0.2) is 17.5 Å². The van der Waals surface area contributed by atoms with Crippen molar-refractivity contribution in [2.45, 2.75) is 39.0 Å². The zero-order valence-electron chi connectivity index (χ0n) is 12.8. The smallest absolute Gasteiger partial charge is 0.215 e. The van der Waals surface area contributed by atoms with E-state index in [2.05, 4.69) is 18.3 Å². The molecule has 1 aliphatic rings. The molecule has 7 heteroatoms. The van der Waals surface area contributed by atoms with Crippen LogP contribution in [-0.4, -0.2) is 50.3 Å². The quantitative estimate of drug-likeness (QED) is 0.863. The van der Waals surface area contributed by atoms with Crippen LogP contribution in [-0.2, 0) is 14.8 Å². The van der Waals surface area contributed by atoms with E-state index in [4.69, 9.17) is 4.74 Å². The highest BCUT2D eigenvalue weighted by Gasteiger charge is 2.30. The molecule has 5 nitrogen and oxygen atoms in total. The Hall–Kier alpha value is -0.470. The summed E-state index contributed by atoms with van der Waals surface area (Å²) < 4.78 is 31.9.